The van der Waals surface area contributed by atoms with Gasteiger partial charge in [-0.25, -0.2) is 4.13 Å². The van der Waals surface area contributed by atoms with Crippen LogP contribution in [0.5, 0.6) is 0 Å². The van der Waals surface area contributed by atoms with Gasteiger partial charge in [0, 0.05) is 17.5 Å². The van der Waals surface area contributed by atoms with Crippen molar-refractivity contribution in [2.24, 2.45) is 17.8 Å². The number of nitrogens with one attached hydrogen (secondary N) is 2. The fourth-order valence-corrected chi connectivity index (χ4v) is 10.2. The zero-order chi connectivity index (χ0) is 35.2. The Morgan fingerprint density at radius 1 is 0.667 bits per heavy atom. The minimum atomic E-state index is -6.87. The molecule has 0 heterocycles. The highest BCUT2D eigenvalue weighted by Gasteiger charge is 2.82. The average molecular weight is 742 g/mol. The van der Waals surface area contributed by atoms with Crippen LogP contribution in [0.25, 0.3) is 0 Å². The molecule has 3 aromatic rings. The Bertz CT molecular complexity index is 1300. The molecule has 5 rings (SSSR count). The van der Waals surface area contributed by atoms with E-state index in [1.165, 1.54) is 14.7 Å². The highest BCUT2D eigenvalue weighted by molar-refractivity contribution is 8.13. The summed E-state index contributed by atoms with van der Waals surface area (Å²) in [5.41, 5.74) is -0.275. The second kappa shape index (κ2) is 15.9. The first-order chi connectivity index (χ1) is 22.5. The maximum Gasteiger partial charge on any atom is 0.460 e. The molecule has 2 bridgehead atoms. The first-order valence-electron chi connectivity index (χ1n) is 15.4. The third-order valence-electron chi connectivity index (χ3n) is 8.47. The molecule has 0 radical (unpaired) electrons. The summed E-state index contributed by atoms with van der Waals surface area (Å²) < 4.78 is 117. The van der Waals surface area contributed by atoms with Crippen LogP contribution in [-0.2, 0) is 10.9 Å². The van der Waals surface area contributed by atoms with Gasteiger partial charge in [0.05, 0.1) is 16.8 Å². The number of hydrogen-bond donors (Lipinski definition) is 2. The van der Waals surface area contributed by atoms with Crippen molar-refractivity contribution in [3.05, 3.63) is 91.0 Å². The van der Waals surface area contributed by atoms with Crippen LogP contribution in [0.1, 0.15) is 46.0 Å². The van der Waals surface area contributed by atoms with Gasteiger partial charge in [-0.3, -0.25) is 0 Å². The molecule has 14 heteroatoms. The van der Waals surface area contributed by atoms with E-state index in [0.717, 1.165) is 32.1 Å². The number of rotatable bonds is 11. The molecule has 2 aliphatic rings. The van der Waals surface area contributed by atoms with Crippen molar-refractivity contribution in [1.29, 1.82) is 0 Å². The Balaban J connectivity index is 0.000000235. The quantitative estimate of drug-likeness (QED) is 0.0672. The normalized spacial score (nSPS) is 23.4. The molecule has 0 aromatic heterocycles. The third-order valence-corrected chi connectivity index (χ3v) is 12.3. The lowest BCUT2D eigenvalue weighted by molar-refractivity contribution is -0.381. The van der Waals surface area contributed by atoms with Crippen LogP contribution in [0.4, 0.5) is 39.5 Å². The van der Waals surface area contributed by atoms with Gasteiger partial charge in [0.2, 0.25) is 0 Å². The van der Waals surface area contributed by atoms with Crippen LogP contribution in [0.2, 0.25) is 0 Å². The summed E-state index contributed by atoms with van der Waals surface area (Å²) in [5, 5.41) is -2.53. The molecule has 0 spiro atoms. The summed E-state index contributed by atoms with van der Waals surface area (Å²) in [4.78, 5) is 4.08. The van der Waals surface area contributed by atoms with Gasteiger partial charge < -0.3 is 5.32 Å². The highest BCUT2D eigenvalue weighted by Crippen LogP contribution is 2.56. The Morgan fingerprint density at radius 2 is 1.08 bits per heavy atom. The lowest BCUT2D eigenvalue weighted by Gasteiger charge is -2.47. The predicted octanol–water partition coefficient (Wildman–Crippen LogP) is 11.2. The van der Waals surface area contributed by atoms with E-state index >= 15 is 0 Å². The molecule has 2 nitrogen and oxygen atoms in total. The number of benzene rings is 3. The van der Waals surface area contributed by atoms with Gasteiger partial charge in [0.1, 0.15) is 0 Å². The lowest BCUT2D eigenvalue weighted by Crippen LogP contribution is -2.60. The standard InChI is InChI=1S/C18H15S.C16H23F9N2S2/c1-4-10-16(11-5-1)19(17-12-6-2-7-13-17)18-14-8-3-9-15-18;1-9-3-10-5-11(4-9)7-12(2,6-10)26-8-28-27-29-16(24,25)14(19,20)13(17,18)15(21,22)23/h1-15H;9-11,26-27H,3-8H2,1-2H3/q+1;. The van der Waals surface area contributed by atoms with Gasteiger partial charge in [-0.05, 0) is 93.2 Å². The lowest BCUT2D eigenvalue weighted by atomic mass is 9.63. The summed E-state index contributed by atoms with van der Waals surface area (Å²) in [6, 6.07) is 32.2. The van der Waals surface area contributed by atoms with Crippen molar-refractivity contribution in [2.75, 3.05) is 5.88 Å². The van der Waals surface area contributed by atoms with E-state index in [0.29, 0.717) is 29.7 Å². The third kappa shape index (κ3) is 9.41. The van der Waals surface area contributed by atoms with E-state index in [4.69, 9.17) is 0 Å². The molecular formula is C34H38F9N2S3+. The van der Waals surface area contributed by atoms with Crippen molar-refractivity contribution in [2.45, 2.75) is 89.5 Å². The fraction of sp³-hybridized carbons (Fsp3) is 0.471. The van der Waals surface area contributed by atoms with E-state index in [1.807, 2.05) is 6.92 Å². The zero-order valence-electron chi connectivity index (χ0n) is 26.3. The summed E-state index contributed by atoms with van der Waals surface area (Å²) in [5.74, 6) is -11.8. The fourth-order valence-electron chi connectivity index (χ4n) is 6.56. The Kier molecular flexibility index (Phi) is 12.9. The smallest absolute Gasteiger partial charge is 0.301 e. The molecule has 2 saturated carbocycles. The molecule has 2 N–H and O–H groups in total. The zero-order valence-corrected chi connectivity index (χ0v) is 28.7. The van der Waals surface area contributed by atoms with Crippen LogP contribution in [0.3, 0.4) is 0 Å². The maximum atomic E-state index is 13.4. The molecule has 0 amide bonds. The second-order valence-electron chi connectivity index (χ2n) is 12.6. The molecule has 3 aromatic carbocycles. The minimum absolute atomic E-state index is 0.00416. The van der Waals surface area contributed by atoms with Gasteiger partial charge in [0.15, 0.2) is 14.7 Å². The second-order valence-corrected chi connectivity index (χ2v) is 16.6. The van der Waals surface area contributed by atoms with Gasteiger partial charge in [-0.15, -0.1) is 0 Å². The first-order valence-corrected chi connectivity index (χ1v) is 18.4. The minimum Gasteiger partial charge on any atom is -0.301 e. The van der Waals surface area contributed by atoms with Gasteiger partial charge >= 0.3 is 23.3 Å². The van der Waals surface area contributed by atoms with E-state index in [-0.39, 0.29) is 22.3 Å². The van der Waals surface area contributed by atoms with Crippen molar-refractivity contribution in [3.63, 3.8) is 0 Å². The van der Waals surface area contributed by atoms with Crippen molar-refractivity contribution >= 4 is 34.8 Å². The molecule has 0 saturated heterocycles. The van der Waals surface area contributed by atoms with E-state index in [9.17, 15) is 39.5 Å². The molecule has 48 heavy (non-hydrogen) atoms. The first kappa shape index (κ1) is 38.8. The SMILES string of the molecule is CC1CC2CC(C1)CC(C)(NCSNSC(F)(F)C(F)(F)C(F)(F)C(F)(F)F)C2.c1ccc([S+](c2ccccc2)c2ccccc2)cc1. The summed E-state index contributed by atoms with van der Waals surface area (Å²) in [6.07, 6.45) is -1.73. The summed E-state index contributed by atoms with van der Waals surface area (Å²) in [7, 11) is -0.0146. The van der Waals surface area contributed by atoms with Crippen molar-refractivity contribution < 1.29 is 39.5 Å². The van der Waals surface area contributed by atoms with Gasteiger partial charge in [0.25, 0.3) is 0 Å². The van der Waals surface area contributed by atoms with E-state index < -0.39 is 35.2 Å². The van der Waals surface area contributed by atoms with Crippen LogP contribution in [0, 0.1) is 17.8 Å². The van der Waals surface area contributed by atoms with Crippen LogP contribution < -0.4 is 9.44 Å². The number of fused-ring (bicyclic) bond motifs is 2. The average Bonchev–Trinajstić information content (AvgIpc) is 3.01. The van der Waals surface area contributed by atoms with Crippen LogP contribution in [-0.4, -0.2) is 34.7 Å². The largest absolute Gasteiger partial charge is 0.460 e. The maximum absolute atomic E-state index is 13.4. The van der Waals surface area contributed by atoms with Crippen molar-refractivity contribution in [3.8, 4) is 0 Å². The molecular weight excluding hydrogens is 704 g/mol. The Labute approximate surface area is 287 Å². The topological polar surface area (TPSA) is 24.1 Å². The molecule has 2 unspecified atom stereocenters. The highest BCUT2D eigenvalue weighted by atomic mass is 32.2. The van der Waals surface area contributed by atoms with Gasteiger partial charge in [-0.1, -0.05) is 73.5 Å². The monoisotopic (exact) mass is 741 g/mol. The van der Waals surface area contributed by atoms with Crippen LogP contribution >= 0.6 is 23.9 Å². The Hall–Kier alpha value is -2.00. The molecule has 264 valence electrons. The van der Waals surface area contributed by atoms with E-state index in [2.05, 4.69) is 103 Å². The molecule has 0 aliphatic heterocycles. The number of alkyl halides is 9. The van der Waals surface area contributed by atoms with Crippen LogP contribution in [0.15, 0.2) is 106 Å². The number of halogens is 9. The number of hydrogen-bond acceptors (Lipinski definition) is 4. The molecule has 2 fully saturated rings. The summed E-state index contributed by atoms with van der Waals surface area (Å²) >= 11 is -0.662. The van der Waals surface area contributed by atoms with E-state index in [1.54, 1.807) is 4.13 Å². The predicted molar refractivity (Wildman–Crippen MR) is 176 cm³/mol. The molecule has 2 aliphatic carbocycles. The van der Waals surface area contributed by atoms with Crippen molar-refractivity contribution in [1.82, 2.24) is 9.44 Å². The Morgan fingerprint density at radius 3 is 1.48 bits per heavy atom. The van der Waals surface area contributed by atoms with Gasteiger partial charge in [-0.2, -0.15) is 39.5 Å². The molecule has 2 atom stereocenters. The summed E-state index contributed by atoms with van der Waals surface area (Å²) in [6.45, 7) is 4.17.